The zero-order chi connectivity index (χ0) is 15.2. The quantitative estimate of drug-likeness (QED) is 0.734. The number of nitrogens with one attached hydrogen (secondary N) is 1. The Bertz CT molecular complexity index is 786. The Morgan fingerprint density at radius 3 is 2.62 bits per heavy atom. The minimum absolute atomic E-state index is 0.0793. The van der Waals surface area contributed by atoms with Gasteiger partial charge in [0.15, 0.2) is 0 Å². The predicted octanol–water partition coefficient (Wildman–Crippen LogP) is 3.71. The summed E-state index contributed by atoms with van der Waals surface area (Å²) in [5, 5.41) is 6.96. The van der Waals surface area contributed by atoms with Crippen LogP contribution in [0.25, 0.3) is 16.6 Å². The molecule has 4 nitrogen and oxygen atoms in total. The van der Waals surface area contributed by atoms with Crippen LogP contribution in [0.4, 0.5) is 22.0 Å². The van der Waals surface area contributed by atoms with E-state index in [1.54, 1.807) is 0 Å². The lowest BCUT2D eigenvalue weighted by molar-refractivity contribution is -0.146. The van der Waals surface area contributed by atoms with Gasteiger partial charge in [-0.15, -0.1) is 0 Å². The van der Waals surface area contributed by atoms with Gasteiger partial charge >= 0.3 is 6.18 Å². The summed E-state index contributed by atoms with van der Waals surface area (Å²) in [6.07, 6.45) is -5.80. The maximum Gasteiger partial charge on any atom is 0.450 e. The average molecular weight is 302 g/mol. The molecule has 0 saturated heterocycles. The van der Waals surface area contributed by atoms with Gasteiger partial charge in [0.2, 0.25) is 5.82 Å². The molecule has 0 aliphatic carbocycles. The fourth-order valence-electron chi connectivity index (χ4n) is 1.98. The Morgan fingerprint density at radius 1 is 1.19 bits per heavy atom. The topological polar surface area (TPSA) is 46.5 Å². The number of aromatic nitrogens is 4. The third kappa shape index (κ3) is 2.34. The van der Waals surface area contributed by atoms with E-state index in [4.69, 9.17) is 0 Å². The summed E-state index contributed by atoms with van der Waals surface area (Å²) in [5.74, 6) is -1.39. The normalized spacial score (nSPS) is 12.5. The first-order valence-electron chi connectivity index (χ1n) is 5.74. The van der Waals surface area contributed by atoms with Gasteiger partial charge in [0.1, 0.15) is 5.69 Å². The summed E-state index contributed by atoms with van der Waals surface area (Å²) in [6.45, 7) is 0. The van der Waals surface area contributed by atoms with Crippen LogP contribution in [0, 0.1) is 0 Å². The molecule has 3 rings (SSSR count). The first kappa shape index (κ1) is 13.5. The van der Waals surface area contributed by atoms with Crippen molar-refractivity contribution in [2.24, 2.45) is 0 Å². The van der Waals surface area contributed by atoms with Gasteiger partial charge in [0.25, 0.3) is 6.43 Å². The van der Waals surface area contributed by atoms with Gasteiger partial charge < -0.3 is 0 Å². The number of alkyl halides is 5. The van der Waals surface area contributed by atoms with Crippen LogP contribution in [0.5, 0.6) is 0 Å². The van der Waals surface area contributed by atoms with Gasteiger partial charge in [0.05, 0.1) is 11.7 Å². The van der Waals surface area contributed by atoms with E-state index in [2.05, 4.69) is 15.2 Å². The van der Waals surface area contributed by atoms with Gasteiger partial charge in [-0.2, -0.15) is 18.3 Å². The first-order chi connectivity index (χ1) is 9.86. The zero-order valence-corrected chi connectivity index (χ0v) is 10.2. The second-order valence-corrected chi connectivity index (χ2v) is 4.30. The first-order valence-corrected chi connectivity index (χ1v) is 5.74. The van der Waals surface area contributed by atoms with Crippen molar-refractivity contribution < 1.29 is 22.0 Å². The van der Waals surface area contributed by atoms with Gasteiger partial charge in [-0.05, 0) is 18.2 Å². The Hall–Kier alpha value is -2.45. The smallest absolute Gasteiger partial charge is 0.296 e. The maximum absolute atomic E-state index is 12.9. The van der Waals surface area contributed by atoms with E-state index in [1.807, 2.05) is 0 Å². The molecular formula is C12H7F5N4. The van der Waals surface area contributed by atoms with E-state index in [0.717, 1.165) is 0 Å². The molecule has 2 aromatic heterocycles. The van der Waals surface area contributed by atoms with Crippen LogP contribution in [0.15, 0.2) is 30.6 Å². The summed E-state index contributed by atoms with van der Waals surface area (Å²) in [6, 6.07) is 4.29. The molecule has 0 aliphatic rings. The van der Waals surface area contributed by atoms with E-state index >= 15 is 0 Å². The highest BCUT2D eigenvalue weighted by atomic mass is 19.4. The minimum Gasteiger partial charge on any atom is -0.296 e. The standard InChI is InChI=1S/C12H7F5N4/c13-10(14)9-5-21(11(19-9)12(15,16)17)7-1-2-8-6(3-7)4-18-20-8/h1-5,10H,(H,18,20). The molecule has 0 atom stereocenters. The fourth-order valence-corrected chi connectivity index (χ4v) is 1.98. The molecule has 1 N–H and O–H groups in total. The molecule has 0 spiro atoms. The second-order valence-electron chi connectivity index (χ2n) is 4.30. The number of benzene rings is 1. The fraction of sp³-hybridized carbons (Fsp3) is 0.167. The number of nitrogens with zero attached hydrogens (tertiary/aromatic N) is 3. The van der Waals surface area contributed by atoms with Gasteiger partial charge in [0, 0.05) is 17.3 Å². The lowest BCUT2D eigenvalue weighted by Gasteiger charge is -2.10. The number of imidazole rings is 1. The van der Waals surface area contributed by atoms with E-state index in [-0.39, 0.29) is 5.69 Å². The van der Waals surface area contributed by atoms with Gasteiger partial charge in [-0.25, -0.2) is 13.8 Å². The Kier molecular flexibility index (Phi) is 2.92. The van der Waals surface area contributed by atoms with Crippen molar-refractivity contribution >= 4 is 10.9 Å². The lowest BCUT2D eigenvalue weighted by atomic mass is 10.2. The minimum atomic E-state index is -4.83. The molecule has 2 heterocycles. The number of hydrogen-bond donors (Lipinski definition) is 1. The van der Waals surface area contributed by atoms with Crippen LogP contribution in [0.2, 0.25) is 0 Å². The molecule has 1 aromatic carbocycles. The van der Waals surface area contributed by atoms with Crippen molar-refractivity contribution in [3.05, 3.63) is 42.1 Å². The van der Waals surface area contributed by atoms with Crippen LogP contribution in [-0.2, 0) is 6.18 Å². The molecule has 0 unspecified atom stereocenters. The van der Waals surface area contributed by atoms with Gasteiger partial charge in [-0.3, -0.25) is 9.67 Å². The largest absolute Gasteiger partial charge is 0.450 e. The molecule has 0 bridgehead atoms. The van der Waals surface area contributed by atoms with E-state index in [1.165, 1.54) is 24.4 Å². The van der Waals surface area contributed by atoms with Crippen molar-refractivity contribution in [3.8, 4) is 5.69 Å². The van der Waals surface area contributed by atoms with Crippen LogP contribution < -0.4 is 0 Å². The summed E-state index contributed by atoms with van der Waals surface area (Å²) < 4.78 is 64.6. The Labute approximate surface area is 114 Å². The van der Waals surface area contributed by atoms with Crippen LogP contribution in [0.3, 0.4) is 0 Å². The summed E-state index contributed by atoms with van der Waals surface area (Å²) in [4.78, 5) is 2.99. The van der Waals surface area contributed by atoms with E-state index < -0.39 is 24.1 Å². The highest BCUT2D eigenvalue weighted by molar-refractivity contribution is 5.80. The third-order valence-corrected chi connectivity index (χ3v) is 2.90. The number of rotatable bonds is 2. The molecule has 0 amide bonds. The highest BCUT2D eigenvalue weighted by Gasteiger charge is 2.38. The highest BCUT2D eigenvalue weighted by Crippen LogP contribution is 2.33. The van der Waals surface area contributed by atoms with Crippen molar-refractivity contribution in [2.75, 3.05) is 0 Å². The molecule has 0 aliphatic heterocycles. The summed E-state index contributed by atoms with van der Waals surface area (Å²) >= 11 is 0. The lowest BCUT2D eigenvalue weighted by Crippen LogP contribution is -2.13. The van der Waals surface area contributed by atoms with Crippen molar-refractivity contribution in [2.45, 2.75) is 12.6 Å². The summed E-state index contributed by atoms with van der Waals surface area (Å²) in [7, 11) is 0. The van der Waals surface area contributed by atoms with Crippen molar-refractivity contribution in [1.82, 2.24) is 19.7 Å². The SMILES string of the molecule is FC(F)c1cn(-c2ccc3[nH]ncc3c2)c(C(F)(F)F)n1. The Morgan fingerprint density at radius 2 is 1.95 bits per heavy atom. The molecule has 3 aromatic rings. The van der Waals surface area contributed by atoms with E-state index in [9.17, 15) is 22.0 Å². The number of aromatic amines is 1. The number of halogens is 5. The number of fused-ring (bicyclic) bond motifs is 1. The molecule has 9 heteroatoms. The van der Waals surface area contributed by atoms with E-state index in [0.29, 0.717) is 21.7 Å². The molecule has 0 radical (unpaired) electrons. The van der Waals surface area contributed by atoms with Crippen molar-refractivity contribution in [1.29, 1.82) is 0 Å². The van der Waals surface area contributed by atoms with Crippen LogP contribution >= 0.6 is 0 Å². The molecule has 110 valence electrons. The Balaban J connectivity index is 2.19. The van der Waals surface area contributed by atoms with Gasteiger partial charge in [-0.1, -0.05) is 0 Å². The number of hydrogen-bond acceptors (Lipinski definition) is 2. The van der Waals surface area contributed by atoms with Crippen LogP contribution in [-0.4, -0.2) is 19.7 Å². The summed E-state index contributed by atoms with van der Waals surface area (Å²) in [5.41, 5.74) is -0.216. The molecule has 0 fully saturated rings. The predicted molar refractivity (Wildman–Crippen MR) is 63.2 cm³/mol. The number of H-pyrrole nitrogens is 1. The average Bonchev–Trinajstić information content (AvgIpc) is 3.03. The molecule has 0 saturated carbocycles. The maximum atomic E-state index is 12.9. The second kappa shape index (κ2) is 4.54. The monoisotopic (exact) mass is 302 g/mol. The molecular weight excluding hydrogens is 295 g/mol. The molecule has 21 heavy (non-hydrogen) atoms. The van der Waals surface area contributed by atoms with Crippen LogP contribution in [0.1, 0.15) is 17.9 Å². The van der Waals surface area contributed by atoms with Crippen molar-refractivity contribution in [3.63, 3.8) is 0 Å². The zero-order valence-electron chi connectivity index (χ0n) is 10.2. The third-order valence-electron chi connectivity index (χ3n) is 2.90.